The van der Waals surface area contributed by atoms with E-state index in [1.165, 1.54) is 27.1 Å². The molecule has 1 nitrogen and oxygen atoms in total. The fraction of sp³-hybridized carbons (Fsp3) is 0.176. The summed E-state index contributed by atoms with van der Waals surface area (Å²) in [6.45, 7) is 0.686. The molecule has 20 heavy (non-hydrogen) atoms. The van der Waals surface area contributed by atoms with Crippen molar-refractivity contribution >= 4 is 53.4 Å². The van der Waals surface area contributed by atoms with Gasteiger partial charge in [-0.1, -0.05) is 80.4 Å². The van der Waals surface area contributed by atoms with E-state index in [-0.39, 0.29) is 4.83 Å². The van der Waals surface area contributed by atoms with Crippen molar-refractivity contribution in [2.24, 2.45) is 0 Å². The molecule has 1 heterocycles. The number of fused-ring (bicyclic) bond motifs is 6. The first kappa shape index (κ1) is 12.7. The Morgan fingerprint density at radius 3 is 2.05 bits per heavy atom. The van der Waals surface area contributed by atoms with Gasteiger partial charge >= 0.3 is 0 Å². The van der Waals surface area contributed by atoms with Gasteiger partial charge in [-0.15, -0.1) is 0 Å². The van der Waals surface area contributed by atoms with Gasteiger partial charge in [-0.25, -0.2) is 0 Å². The fourth-order valence-electron chi connectivity index (χ4n) is 2.99. The quantitative estimate of drug-likeness (QED) is 0.358. The van der Waals surface area contributed by atoms with Crippen molar-refractivity contribution in [1.29, 1.82) is 0 Å². The first-order chi connectivity index (χ1) is 9.77. The van der Waals surface area contributed by atoms with Crippen LogP contribution in [0, 0.1) is 0 Å². The van der Waals surface area contributed by atoms with Crippen molar-refractivity contribution in [3.63, 3.8) is 0 Å². The summed E-state index contributed by atoms with van der Waals surface area (Å²) < 4.78 is 6.05. The van der Waals surface area contributed by atoms with Crippen LogP contribution in [0.3, 0.4) is 0 Å². The van der Waals surface area contributed by atoms with Gasteiger partial charge in [-0.05, 0) is 16.2 Å². The lowest BCUT2D eigenvalue weighted by Crippen LogP contribution is -2.23. The number of hydrogen-bond acceptors (Lipinski definition) is 1. The average Bonchev–Trinajstić information content (AvgIpc) is 2.50. The summed E-state index contributed by atoms with van der Waals surface area (Å²) in [5, 5.41) is 5.02. The van der Waals surface area contributed by atoms with E-state index in [1.807, 2.05) is 0 Å². The predicted molar refractivity (Wildman–Crippen MR) is 91.3 cm³/mol. The first-order valence-electron chi connectivity index (χ1n) is 6.61. The van der Waals surface area contributed by atoms with Crippen LogP contribution in [0.1, 0.15) is 10.4 Å². The minimum Gasteiger partial charge on any atom is -0.491 e. The van der Waals surface area contributed by atoms with Gasteiger partial charge in [0.1, 0.15) is 12.4 Å². The molecule has 2 unspecified atom stereocenters. The van der Waals surface area contributed by atoms with Crippen LogP contribution >= 0.6 is 31.9 Å². The van der Waals surface area contributed by atoms with E-state index < -0.39 is 0 Å². The highest BCUT2D eigenvalue weighted by Crippen LogP contribution is 2.48. The zero-order valence-electron chi connectivity index (χ0n) is 10.6. The minimum atomic E-state index is 0.265. The van der Waals surface area contributed by atoms with Crippen LogP contribution in [0.2, 0.25) is 0 Å². The van der Waals surface area contributed by atoms with Gasteiger partial charge in [0.25, 0.3) is 0 Å². The lowest BCUT2D eigenvalue weighted by atomic mass is 9.92. The van der Waals surface area contributed by atoms with E-state index in [2.05, 4.69) is 80.4 Å². The van der Waals surface area contributed by atoms with Crippen LogP contribution in [0.5, 0.6) is 5.75 Å². The minimum absolute atomic E-state index is 0.265. The van der Waals surface area contributed by atoms with E-state index in [0.717, 1.165) is 5.75 Å². The molecule has 1 aliphatic heterocycles. The zero-order valence-corrected chi connectivity index (χ0v) is 13.8. The summed E-state index contributed by atoms with van der Waals surface area (Å²) in [4.78, 5) is 0.556. The van der Waals surface area contributed by atoms with Gasteiger partial charge in [0.2, 0.25) is 0 Å². The predicted octanol–water partition coefficient (Wildman–Crippen LogP) is 5.58. The van der Waals surface area contributed by atoms with Crippen molar-refractivity contribution in [2.75, 3.05) is 6.61 Å². The van der Waals surface area contributed by atoms with E-state index >= 15 is 0 Å². The molecular weight excluding hydrogens is 380 g/mol. The number of halogens is 2. The number of benzene rings is 3. The molecule has 0 aliphatic carbocycles. The van der Waals surface area contributed by atoms with Gasteiger partial charge < -0.3 is 4.74 Å². The Morgan fingerprint density at radius 1 is 0.800 bits per heavy atom. The van der Waals surface area contributed by atoms with Crippen molar-refractivity contribution < 1.29 is 4.74 Å². The maximum atomic E-state index is 6.05. The Bertz CT molecular complexity index is 813. The zero-order chi connectivity index (χ0) is 13.7. The normalized spacial score (nSPS) is 21.7. The van der Waals surface area contributed by atoms with Crippen LogP contribution < -0.4 is 4.74 Å². The van der Waals surface area contributed by atoms with Gasteiger partial charge in [-0.2, -0.15) is 0 Å². The highest BCUT2D eigenvalue weighted by Gasteiger charge is 2.30. The third-order valence-corrected chi connectivity index (χ3v) is 6.50. The molecular formula is C17H12Br2O. The Kier molecular flexibility index (Phi) is 3.00. The van der Waals surface area contributed by atoms with Gasteiger partial charge in [-0.3, -0.25) is 0 Å². The largest absolute Gasteiger partial charge is 0.491 e. The monoisotopic (exact) mass is 390 g/mol. The van der Waals surface area contributed by atoms with Gasteiger partial charge in [0.15, 0.2) is 0 Å². The van der Waals surface area contributed by atoms with Crippen LogP contribution in [0.15, 0.2) is 48.5 Å². The number of rotatable bonds is 0. The van der Waals surface area contributed by atoms with Crippen LogP contribution in [0.4, 0.5) is 0 Å². The molecule has 0 saturated carbocycles. The third-order valence-electron chi connectivity index (χ3n) is 3.90. The lowest BCUT2D eigenvalue weighted by molar-refractivity contribution is 0.301. The highest BCUT2D eigenvalue weighted by molar-refractivity contribution is 9.12. The Labute approximate surface area is 134 Å². The molecule has 2 atom stereocenters. The van der Waals surface area contributed by atoms with Crippen molar-refractivity contribution in [2.45, 2.75) is 9.65 Å². The molecule has 0 bridgehead atoms. The highest BCUT2D eigenvalue weighted by atomic mass is 79.9. The van der Waals surface area contributed by atoms with Gasteiger partial charge in [0, 0.05) is 10.9 Å². The molecule has 0 radical (unpaired) electrons. The van der Waals surface area contributed by atoms with Gasteiger partial charge in [0.05, 0.1) is 9.65 Å². The topological polar surface area (TPSA) is 9.23 Å². The second kappa shape index (κ2) is 4.74. The van der Waals surface area contributed by atoms with Crippen molar-refractivity contribution in [3.8, 4) is 5.75 Å². The number of ether oxygens (including phenoxy) is 1. The molecule has 1 aliphatic rings. The number of hydrogen-bond donors (Lipinski definition) is 0. The summed E-state index contributed by atoms with van der Waals surface area (Å²) in [5.74, 6) is 1.02. The molecule has 4 rings (SSSR count). The molecule has 0 aromatic heterocycles. The van der Waals surface area contributed by atoms with E-state index in [9.17, 15) is 0 Å². The summed E-state index contributed by atoms with van der Waals surface area (Å²) in [6.07, 6.45) is 0. The Hall–Kier alpha value is -1.06. The Morgan fingerprint density at radius 2 is 1.35 bits per heavy atom. The summed E-state index contributed by atoms with van der Waals surface area (Å²) in [5.41, 5.74) is 1.26. The van der Waals surface area contributed by atoms with E-state index in [1.54, 1.807) is 0 Å². The van der Waals surface area contributed by atoms with Crippen molar-refractivity contribution in [3.05, 3.63) is 54.1 Å². The van der Waals surface area contributed by atoms with Crippen LogP contribution in [-0.2, 0) is 0 Å². The standard InChI is InChI=1S/C17H12Br2O/c18-14-9-20-17-13-8-4-2-6-11(13)10-5-1-3-7-12(10)15(17)16(14)19/h1-8,14,16H,9H2. The van der Waals surface area contributed by atoms with E-state index in [0.29, 0.717) is 11.4 Å². The third kappa shape index (κ3) is 1.73. The maximum Gasteiger partial charge on any atom is 0.132 e. The lowest BCUT2D eigenvalue weighted by Gasteiger charge is -2.29. The number of alkyl halides is 2. The van der Waals surface area contributed by atoms with Crippen LogP contribution in [-0.4, -0.2) is 11.4 Å². The molecule has 3 aromatic rings. The molecule has 3 heteroatoms. The molecule has 3 aromatic carbocycles. The second-order valence-corrected chi connectivity index (χ2v) is 7.23. The summed E-state index contributed by atoms with van der Waals surface area (Å²) in [7, 11) is 0. The maximum absolute atomic E-state index is 6.05. The molecule has 0 N–H and O–H groups in total. The summed E-state index contributed by atoms with van der Waals surface area (Å²) >= 11 is 7.53. The average molecular weight is 392 g/mol. The molecule has 0 saturated heterocycles. The molecule has 0 spiro atoms. The van der Waals surface area contributed by atoms with E-state index in [4.69, 9.17) is 4.74 Å². The van der Waals surface area contributed by atoms with Crippen molar-refractivity contribution in [1.82, 2.24) is 0 Å². The molecule has 0 amide bonds. The second-order valence-electron chi connectivity index (χ2n) is 5.06. The Balaban J connectivity index is 2.24. The SMILES string of the molecule is BrC1COc2c(c3ccccc3c3ccccc23)C1Br. The van der Waals surface area contributed by atoms with Crippen LogP contribution in [0.25, 0.3) is 21.5 Å². The molecule has 0 fully saturated rings. The smallest absolute Gasteiger partial charge is 0.132 e. The fourth-order valence-corrected chi connectivity index (χ4v) is 4.00. The molecule has 100 valence electrons. The summed E-state index contributed by atoms with van der Waals surface area (Å²) in [6, 6.07) is 17.0. The first-order valence-corrected chi connectivity index (χ1v) is 8.45.